The summed E-state index contributed by atoms with van der Waals surface area (Å²) in [5.74, 6) is -0.362. The second kappa shape index (κ2) is 4.50. The van der Waals surface area contributed by atoms with Gasteiger partial charge in [0.2, 0.25) is 5.91 Å². The third kappa shape index (κ3) is 1.79. The lowest BCUT2D eigenvalue weighted by molar-refractivity contribution is -0.141. The molecule has 3 heterocycles. The fraction of sp³-hybridized carbons (Fsp3) is 0.714. The molecule has 4 atom stereocenters. The Balaban J connectivity index is 1.79. The molecule has 2 fully saturated rings. The molecule has 0 aromatic rings. The third-order valence-corrected chi connectivity index (χ3v) is 4.32. The quantitative estimate of drug-likeness (QED) is 0.690. The molecule has 3 aliphatic rings. The Hall–Kier alpha value is -1.16. The van der Waals surface area contributed by atoms with E-state index < -0.39 is 0 Å². The van der Waals surface area contributed by atoms with Gasteiger partial charge in [-0.15, -0.1) is 0 Å². The van der Waals surface area contributed by atoms with Crippen molar-refractivity contribution in [2.75, 3.05) is 13.1 Å². The molecule has 0 aromatic carbocycles. The zero-order valence-corrected chi connectivity index (χ0v) is 10.7. The highest BCUT2D eigenvalue weighted by molar-refractivity contribution is 5.90. The molecule has 0 spiro atoms. The number of likely N-dealkylation sites (tertiary alicyclic amines) is 1. The van der Waals surface area contributed by atoms with Gasteiger partial charge >= 0.3 is 0 Å². The van der Waals surface area contributed by atoms with Gasteiger partial charge in [-0.05, 0) is 26.2 Å². The predicted octanol–water partition coefficient (Wildman–Crippen LogP) is 1.16. The van der Waals surface area contributed by atoms with Gasteiger partial charge in [0.1, 0.15) is 5.78 Å². The van der Waals surface area contributed by atoms with Gasteiger partial charge < -0.3 is 9.64 Å². The summed E-state index contributed by atoms with van der Waals surface area (Å²) in [4.78, 5) is 26.2. The third-order valence-electron chi connectivity index (χ3n) is 4.32. The van der Waals surface area contributed by atoms with Crippen LogP contribution in [0.5, 0.6) is 0 Å². The Bertz CT molecular complexity index is 398. The van der Waals surface area contributed by atoms with E-state index in [1.807, 2.05) is 17.1 Å². The minimum atomic E-state index is -0.282. The first-order chi connectivity index (χ1) is 8.68. The van der Waals surface area contributed by atoms with Crippen molar-refractivity contribution >= 4 is 11.7 Å². The van der Waals surface area contributed by atoms with Gasteiger partial charge in [0.15, 0.2) is 0 Å². The number of fused-ring (bicyclic) bond motifs is 2. The van der Waals surface area contributed by atoms with Crippen LogP contribution >= 0.6 is 0 Å². The number of Topliss-reactive ketones (excluding diaryl/α,β-unsaturated/α-hetero) is 1. The van der Waals surface area contributed by atoms with Crippen LogP contribution in [-0.2, 0) is 14.3 Å². The first-order valence-corrected chi connectivity index (χ1v) is 6.81. The number of piperidine rings is 1. The molecule has 4 heteroatoms. The van der Waals surface area contributed by atoms with Crippen LogP contribution in [0, 0.1) is 11.8 Å². The van der Waals surface area contributed by atoms with Crippen LogP contribution < -0.4 is 0 Å². The molecule has 98 valence electrons. The van der Waals surface area contributed by atoms with E-state index in [0.29, 0.717) is 0 Å². The van der Waals surface area contributed by atoms with E-state index in [1.54, 1.807) is 6.92 Å². The van der Waals surface area contributed by atoms with Crippen molar-refractivity contribution in [2.24, 2.45) is 11.8 Å². The van der Waals surface area contributed by atoms with E-state index in [9.17, 15) is 9.59 Å². The summed E-state index contributed by atoms with van der Waals surface area (Å²) in [6.07, 6.45) is 6.87. The number of rotatable bonds is 2. The van der Waals surface area contributed by atoms with E-state index in [-0.39, 0.29) is 35.7 Å². The molecule has 1 amide bonds. The zero-order valence-electron chi connectivity index (χ0n) is 10.7. The van der Waals surface area contributed by atoms with Crippen LogP contribution in [0.4, 0.5) is 0 Å². The smallest absolute Gasteiger partial charge is 0.229 e. The summed E-state index contributed by atoms with van der Waals surface area (Å²) >= 11 is 0. The normalized spacial score (nSPS) is 38.2. The van der Waals surface area contributed by atoms with Gasteiger partial charge in [-0.25, -0.2) is 0 Å². The van der Waals surface area contributed by atoms with E-state index in [1.165, 1.54) is 6.42 Å². The van der Waals surface area contributed by atoms with Crippen molar-refractivity contribution in [2.45, 2.75) is 38.4 Å². The van der Waals surface area contributed by atoms with Gasteiger partial charge in [-0.2, -0.15) is 0 Å². The summed E-state index contributed by atoms with van der Waals surface area (Å²) < 4.78 is 5.69. The van der Waals surface area contributed by atoms with Crippen molar-refractivity contribution in [3.05, 3.63) is 12.2 Å². The molecule has 2 unspecified atom stereocenters. The Kier molecular flexibility index (Phi) is 2.98. The Labute approximate surface area is 107 Å². The molecule has 3 aliphatic heterocycles. The highest BCUT2D eigenvalue weighted by Gasteiger charge is 2.52. The van der Waals surface area contributed by atoms with Crippen LogP contribution in [0.2, 0.25) is 0 Å². The van der Waals surface area contributed by atoms with Crippen molar-refractivity contribution in [1.29, 1.82) is 0 Å². The molecule has 4 nitrogen and oxygen atoms in total. The first kappa shape index (κ1) is 11.9. The minimum absolute atomic E-state index is 0.0715. The van der Waals surface area contributed by atoms with Crippen molar-refractivity contribution in [3.8, 4) is 0 Å². The van der Waals surface area contributed by atoms with Crippen LogP contribution in [0.25, 0.3) is 0 Å². The van der Waals surface area contributed by atoms with Gasteiger partial charge in [0.25, 0.3) is 0 Å². The number of hydrogen-bond donors (Lipinski definition) is 0. The molecule has 0 N–H and O–H groups in total. The number of amides is 1. The monoisotopic (exact) mass is 249 g/mol. The molecular formula is C14H19NO3. The maximum Gasteiger partial charge on any atom is 0.229 e. The van der Waals surface area contributed by atoms with Crippen LogP contribution in [-0.4, -0.2) is 41.9 Å². The summed E-state index contributed by atoms with van der Waals surface area (Å²) in [5.41, 5.74) is 0. The minimum Gasteiger partial charge on any atom is -0.365 e. The van der Waals surface area contributed by atoms with E-state index >= 15 is 0 Å². The molecule has 2 saturated heterocycles. The largest absolute Gasteiger partial charge is 0.365 e. The maximum absolute atomic E-state index is 12.6. The lowest BCUT2D eigenvalue weighted by atomic mass is 9.79. The highest BCUT2D eigenvalue weighted by atomic mass is 16.5. The molecule has 3 rings (SSSR count). The van der Waals surface area contributed by atoms with E-state index in [2.05, 4.69) is 0 Å². The molecule has 0 saturated carbocycles. The van der Waals surface area contributed by atoms with Crippen molar-refractivity contribution in [3.63, 3.8) is 0 Å². The number of nitrogens with zero attached hydrogens (tertiary/aromatic N) is 1. The van der Waals surface area contributed by atoms with Gasteiger partial charge in [0.05, 0.1) is 24.0 Å². The SMILES string of the molecule is CC(=O)C1C(C(=O)N2CCCCC2)[C@@H]2C=C[C@H]1O2. The lowest BCUT2D eigenvalue weighted by Gasteiger charge is -2.32. The topological polar surface area (TPSA) is 46.6 Å². The van der Waals surface area contributed by atoms with Crippen LogP contribution in [0.3, 0.4) is 0 Å². The lowest BCUT2D eigenvalue weighted by Crippen LogP contribution is -2.46. The van der Waals surface area contributed by atoms with Crippen molar-refractivity contribution < 1.29 is 14.3 Å². The summed E-state index contributed by atoms with van der Waals surface area (Å²) in [6.45, 7) is 3.24. The standard InChI is InChI=1S/C14H19NO3/c1-9(16)12-10-5-6-11(18-10)13(12)14(17)15-7-3-2-4-8-15/h5-6,10-13H,2-4,7-8H2,1H3/t10-,11+,12?,13?/m1/s1. The van der Waals surface area contributed by atoms with E-state index in [0.717, 1.165) is 25.9 Å². The van der Waals surface area contributed by atoms with E-state index in [4.69, 9.17) is 4.74 Å². The highest BCUT2D eigenvalue weighted by Crippen LogP contribution is 2.40. The summed E-state index contributed by atoms with van der Waals surface area (Å²) in [5, 5.41) is 0. The summed E-state index contributed by atoms with van der Waals surface area (Å²) in [6, 6.07) is 0. The maximum atomic E-state index is 12.6. The predicted molar refractivity (Wildman–Crippen MR) is 65.9 cm³/mol. The van der Waals surface area contributed by atoms with Crippen LogP contribution in [0.1, 0.15) is 26.2 Å². The second-order valence-electron chi connectivity index (χ2n) is 5.50. The van der Waals surface area contributed by atoms with Gasteiger partial charge in [0, 0.05) is 13.1 Å². The Morgan fingerprint density at radius 2 is 1.67 bits per heavy atom. The van der Waals surface area contributed by atoms with Crippen molar-refractivity contribution in [1.82, 2.24) is 4.90 Å². The Morgan fingerprint density at radius 3 is 2.28 bits per heavy atom. The van der Waals surface area contributed by atoms with Crippen LogP contribution in [0.15, 0.2) is 12.2 Å². The zero-order chi connectivity index (χ0) is 12.7. The molecule has 0 aromatic heterocycles. The number of carbonyl (C=O) groups is 2. The molecular weight excluding hydrogens is 230 g/mol. The Morgan fingerprint density at radius 1 is 1.06 bits per heavy atom. The van der Waals surface area contributed by atoms with Gasteiger partial charge in [-0.3, -0.25) is 9.59 Å². The number of ether oxygens (including phenoxy) is 1. The fourth-order valence-corrected chi connectivity index (χ4v) is 3.41. The fourth-order valence-electron chi connectivity index (χ4n) is 3.41. The van der Waals surface area contributed by atoms with Gasteiger partial charge in [-0.1, -0.05) is 12.2 Å². The molecule has 0 radical (unpaired) electrons. The average molecular weight is 249 g/mol. The second-order valence-corrected chi connectivity index (χ2v) is 5.50. The number of ketones is 1. The number of hydrogen-bond acceptors (Lipinski definition) is 3. The number of carbonyl (C=O) groups excluding carboxylic acids is 2. The molecule has 0 aliphatic carbocycles. The average Bonchev–Trinajstić information content (AvgIpc) is 2.99. The summed E-state index contributed by atoms with van der Waals surface area (Å²) in [7, 11) is 0. The molecule has 2 bridgehead atoms. The first-order valence-electron chi connectivity index (χ1n) is 6.81. The molecule has 18 heavy (non-hydrogen) atoms.